The van der Waals surface area contributed by atoms with E-state index in [2.05, 4.69) is 0 Å². The van der Waals surface area contributed by atoms with Gasteiger partial charge < -0.3 is 4.90 Å². The van der Waals surface area contributed by atoms with Gasteiger partial charge in [-0.3, -0.25) is 4.79 Å². The second-order valence-corrected chi connectivity index (χ2v) is 10.5. The normalized spacial score (nSPS) is 11.8. The van der Waals surface area contributed by atoms with Gasteiger partial charge in [-0.25, -0.2) is 12.8 Å². The Morgan fingerprint density at radius 1 is 1.30 bits per heavy atom. The first-order chi connectivity index (χ1) is 12.6. The Kier molecular flexibility index (Phi) is 7.42. The summed E-state index contributed by atoms with van der Waals surface area (Å²) in [6, 6.07) is 6.02. The Balaban J connectivity index is 2.24. The Labute approximate surface area is 168 Å². The van der Waals surface area contributed by atoms with Crippen LogP contribution in [0.4, 0.5) is 10.1 Å². The summed E-state index contributed by atoms with van der Waals surface area (Å²) in [5.41, 5.74) is 1.49. The fourth-order valence-corrected chi connectivity index (χ4v) is 5.39. The second kappa shape index (κ2) is 9.17. The van der Waals surface area contributed by atoms with E-state index in [1.807, 2.05) is 32.2 Å². The van der Waals surface area contributed by atoms with Crippen molar-refractivity contribution in [2.24, 2.45) is 5.92 Å². The van der Waals surface area contributed by atoms with Gasteiger partial charge in [0.05, 0.1) is 23.1 Å². The summed E-state index contributed by atoms with van der Waals surface area (Å²) in [6.07, 6.45) is -0.130. The molecule has 1 heterocycles. The molecule has 0 fully saturated rings. The fraction of sp³-hybridized carbons (Fsp3) is 0.421. The van der Waals surface area contributed by atoms with Crippen LogP contribution in [0.1, 0.15) is 30.7 Å². The third-order valence-electron chi connectivity index (χ3n) is 4.00. The van der Waals surface area contributed by atoms with Gasteiger partial charge >= 0.3 is 0 Å². The molecule has 0 bridgehead atoms. The molecule has 0 unspecified atom stereocenters. The van der Waals surface area contributed by atoms with Crippen LogP contribution in [0, 0.1) is 18.7 Å². The molecule has 0 N–H and O–H groups in total. The molecule has 4 nitrogen and oxygen atoms in total. The number of carbonyl (C=O) groups excluding carboxylic acids is 1. The van der Waals surface area contributed by atoms with Crippen molar-refractivity contribution in [3.05, 3.63) is 50.9 Å². The summed E-state index contributed by atoms with van der Waals surface area (Å²) in [7, 11) is -3.31. The Hall–Kier alpha value is -1.44. The lowest BCUT2D eigenvalue weighted by Crippen LogP contribution is -2.32. The predicted molar refractivity (Wildman–Crippen MR) is 110 cm³/mol. The average molecular weight is 432 g/mol. The number of carbonyl (C=O) groups is 1. The molecule has 1 aromatic carbocycles. The van der Waals surface area contributed by atoms with Gasteiger partial charge in [0.15, 0.2) is 9.84 Å². The average Bonchev–Trinajstić information content (AvgIpc) is 2.97. The van der Waals surface area contributed by atoms with Gasteiger partial charge in [0.1, 0.15) is 5.82 Å². The van der Waals surface area contributed by atoms with Crippen molar-refractivity contribution in [1.29, 1.82) is 0 Å². The lowest BCUT2D eigenvalue weighted by Gasteiger charge is -2.23. The molecule has 0 aliphatic carbocycles. The molecule has 0 aliphatic rings. The highest BCUT2D eigenvalue weighted by molar-refractivity contribution is 7.91. The molecule has 0 spiro atoms. The summed E-state index contributed by atoms with van der Waals surface area (Å²) >= 11 is 7.39. The molecular formula is C19H23ClFNO3S2. The van der Waals surface area contributed by atoms with E-state index in [1.165, 1.54) is 34.4 Å². The van der Waals surface area contributed by atoms with Gasteiger partial charge in [-0.05, 0) is 48.1 Å². The van der Waals surface area contributed by atoms with Crippen LogP contribution in [0.3, 0.4) is 0 Å². The van der Waals surface area contributed by atoms with Crippen molar-refractivity contribution < 1.29 is 17.6 Å². The van der Waals surface area contributed by atoms with E-state index in [-0.39, 0.29) is 41.3 Å². The number of amides is 1. The molecule has 1 aromatic heterocycles. The highest BCUT2D eigenvalue weighted by Gasteiger charge is 2.22. The van der Waals surface area contributed by atoms with Gasteiger partial charge in [-0.15, -0.1) is 11.3 Å². The number of benzene rings is 1. The minimum absolute atomic E-state index is 0.00544. The zero-order valence-electron chi connectivity index (χ0n) is 15.5. The Morgan fingerprint density at radius 2 is 2.00 bits per heavy atom. The first kappa shape index (κ1) is 21.9. The van der Waals surface area contributed by atoms with E-state index >= 15 is 0 Å². The van der Waals surface area contributed by atoms with Crippen LogP contribution < -0.4 is 4.90 Å². The van der Waals surface area contributed by atoms with Crippen LogP contribution in [-0.2, 0) is 21.2 Å². The summed E-state index contributed by atoms with van der Waals surface area (Å²) in [5, 5.41) is 1.85. The number of rotatable bonds is 8. The largest absolute Gasteiger partial charge is 0.307 e. The van der Waals surface area contributed by atoms with Gasteiger partial charge in [-0.1, -0.05) is 25.4 Å². The summed E-state index contributed by atoms with van der Waals surface area (Å²) in [5.74, 6) is -1.06. The molecule has 0 saturated heterocycles. The number of hydrogen-bond acceptors (Lipinski definition) is 4. The van der Waals surface area contributed by atoms with Crippen molar-refractivity contribution in [3.63, 3.8) is 0 Å². The van der Waals surface area contributed by atoms with E-state index in [0.717, 1.165) is 10.4 Å². The van der Waals surface area contributed by atoms with Gasteiger partial charge in [0.2, 0.25) is 5.91 Å². The van der Waals surface area contributed by atoms with Crippen LogP contribution in [0.25, 0.3) is 0 Å². The SMILES string of the molecule is Cc1ccsc1CN(C(=O)CCS(=O)(=O)CC(C)C)c1ccc(F)c(Cl)c1. The molecule has 0 radical (unpaired) electrons. The molecule has 0 atom stereocenters. The minimum atomic E-state index is -3.31. The summed E-state index contributed by atoms with van der Waals surface area (Å²) < 4.78 is 37.8. The smallest absolute Gasteiger partial charge is 0.228 e. The van der Waals surface area contributed by atoms with E-state index in [0.29, 0.717) is 5.69 Å². The van der Waals surface area contributed by atoms with Gasteiger partial charge in [-0.2, -0.15) is 0 Å². The molecule has 1 amide bonds. The van der Waals surface area contributed by atoms with Gasteiger partial charge in [0, 0.05) is 17.0 Å². The minimum Gasteiger partial charge on any atom is -0.307 e. The first-order valence-electron chi connectivity index (χ1n) is 8.58. The Bertz CT molecular complexity index is 909. The van der Waals surface area contributed by atoms with E-state index in [9.17, 15) is 17.6 Å². The third kappa shape index (κ3) is 6.30. The first-order valence-corrected chi connectivity index (χ1v) is 11.7. The molecule has 0 aliphatic heterocycles. The maximum absolute atomic E-state index is 13.5. The van der Waals surface area contributed by atoms with Crippen molar-refractivity contribution in [3.8, 4) is 0 Å². The van der Waals surface area contributed by atoms with Crippen molar-refractivity contribution in [1.82, 2.24) is 0 Å². The van der Waals surface area contributed by atoms with Crippen LogP contribution in [0.15, 0.2) is 29.6 Å². The highest BCUT2D eigenvalue weighted by Crippen LogP contribution is 2.27. The van der Waals surface area contributed by atoms with Crippen molar-refractivity contribution in [2.75, 3.05) is 16.4 Å². The zero-order valence-corrected chi connectivity index (χ0v) is 17.9. The maximum Gasteiger partial charge on any atom is 0.228 e. The van der Waals surface area contributed by atoms with Crippen molar-refractivity contribution >= 4 is 44.4 Å². The van der Waals surface area contributed by atoms with E-state index in [4.69, 9.17) is 11.6 Å². The molecular weight excluding hydrogens is 409 g/mol. The number of aryl methyl sites for hydroxylation is 1. The van der Waals surface area contributed by atoms with Crippen LogP contribution >= 0.6 is 22.9 Å². The molecule has 0 saturated carbocycles. The van der Waals surface area contributed by atoms with Gasteiger partial charge in [0.25, 0.3) is 0 Å². The Morgan fingerprint density at radius 3 is 2.56 bits per heavy atom. The quantitative estimate of drug-likeness (QED) is 0.600. The van der Waals surface area contributed by atoms with Crippen LogP contribution in [0.5, 0.6) is 0 Å². The molecule has 148 valence electrons. The van der Waals surface area contributed by atoms with Crippen LogP contribution in [0.2, 0.25) is 5.02 Å². The number of thiophene rings is 1. The van der Waals surface area contributed by atoms with E-state index < -0.39 is 15.7 Å². The predicted octanol–water partition coefficient (Wildman–Crippen LogP) is 4.84. The van der Waals surface area contributed by atoms with Crippen LogP contribution in [-0.4, -0.2) is 25.8 Å². The van der Waals surface area contributed by atoms with Crippen molar-refractivity contribution in [2.45, 2.75) is 33.7 Å². The number of nitrogens with zero attached hydrogens (tertiary/aromatic N) is 1. The number of halogens is 2. The maximum atomic E-state index is 13.5. The summed E-state index contributed by atoms with van der Waals surface area (Å²) in [6.45, 7) is 5.88. The number of anilines is 1. The third-order valence-corrected chi connectivity index (χ3v) is 7.30. The zero-order chi connectivity index (χ0) is 20.2. The second-order valence-electron chi connectivity index (χ2n) is 6.86. The molecule has 27 heavy (non-hydrogen) atoms. The lowest BCUT2D eigenvalue weighted by molar-refractivity contribution is -0.118. The summed E-state index contributed by atoms with van der Waals surface area (Å²) in [4.78, 5) is 15.3. The standard InChI is InChI=1S/C19H23ClFNO3S2/c1-13(2)12-27(24,25)9-7-19(23)22(11-18-14(3)6-8-26-18)15-4-5-17(21)16(20)10-15/h4-6,8,10,13H,7,9,11-12H2,1-3H3. The lowest BCUT2D eigenvalue weighted by atomic mass is 10.2. The number of sulfone groups is 1. The molecule has 8 heteroatoms. The molecule has 2 aromatic rings. The molecule has 2 rings (SSSR count). The topological polar surface area (TPSA) is 54.5 Å². The number of hydrogen-bond donors (Lipinski definition) is 0. The monoisotopic (exact) mass is 431 g/mol. The van der Waals surface area contributed by atoms with E-state index in [1.54, 1.807) is 0 Å². The highest BCUT2D eigenvalue weighted by atomic mass is 35.5. The fourth-order valence-electron chi connectivity index (χ4n) is 2.66.